The Hall–Kier alpha value is -2.28. The van der Waals surface area contributed by atoms with Crippen LogP contribution in [-0.2, 0) is 7.05 Å². The standard InChI is InChI=1S/C20H19Cl3N4O2/c1-4-27(20(29)25-16-8-6-12(21)9-15(16)23)11(2)18-24-17-10-13(22)5-7-14(17)19(28)26(18)3/h5-11H,4H2,1-3H3,(H,25,29). The molecule has 0 aliphatic carbocycles. The van der Waals surface area contributed by atoms with E-state index in [1.165, 1.54) is 4.57 Å². The SMILES string of the molecule is CCN(C(=O)Nc1ccc(Cl)cc1Cl)C(C)c1nc2cc(Cl)ccc2c(=O)n1C. The normalized spacial score (nSPS) is 12.1. The minimum absolute atomic E-state index is 0.203. The first-order valence-corrected chi connectivity index (χ1v) is 10.0. The van der Waals surface area contributed by atoms with Crippen molar-refractivity contribution in [3.05, 3.63) is 67.6 Å². The first kappa shape index (κ1) is 21.4. The van der Waals surface area contributed by atoms with Crippen LogP contribution in [0.25, 0.3) is 10.9 Å². The molecule has 3 aromatic rings. The van der Waals surface area contributed by atoms with Gasteiger partial charge in [0.15, 0.2) is 0 Å². The van der Waals surface area contributed by atoms with Crippen molar-refractivity contribution in [3.63, 3.8) is 0 Å². The monoisotopic (exact) mass is 452 g/mol. The smallest absolute Gasteiger partial charge is 0.315 e. The van der Waals surface area contributed by atoms with Crippen molar-refractivity contribution in [1.29, 1.82) is 0 Å². The number of hydrogen-bond acceptors (Lipinski definition) is 3. The van der Waals surface area contributed by atoms with Gasteiger partial charge in [-0.25, -0.2) is 9.78 Å². The number of halogens is 3. The predicted molar refractivity (Wildman–Crippen MR) is 118 cm³/mol. The van der Waals surface area contributed by atoms with Crippen LogP contribution < -0.4 is 10.9 Å². The minimum atomic E-state index is -0.479. The molecule has 0 aliphatic rings. The molecule has 0 fully saturated rings. The first-order chi connectivity index (χ1) is 13.7. The number of hydrogen-bond donors (Lipinski definition) is 1. The zero-order valence-corrected chi connectivity index (χ0v) is 18.3. The van der Waals surface area contributed by atoms with Crippen molar-refractivity contribution in [1.82, 2.24) is 14.5 Å². The van der Waals surface area contributed by atoms with Crippen molar-refractivity contribution in [2.75, 3.05) is 11.9 Å². The zero-order chi connectivity index (χ0) is 21.3. The number of rotatable bonds is 4. The highest BCUT2D eigenvalue weighted by atomic mass is 35.5. The molecule has 1 aromatic heterocycles. The number of urea groups is 1. The summed E-state index contributed by atoms with van der Waals surface area (Å²) in [6.45, 7) is 4.04. The van der Waals surface area contributed by atoms with Crippen LogP contribution in [0.3, 0.4) is 0 Å². The average molecular weight is 454 g/mol. The highest BCUT2D eigenvalue weighted by Gasteiger charge is 2.25. The van der Waals surface area contributed by atoms with Gasteiger partial charge in [0.05, 0.1) is 27.7 Å². The fourth-order valence-electron chi connectivity index (χ4n) is 3.15. The highest BCUT2D eigenvalue weighted by Crippen LogP contribution is 2.27. The minimum Gasteiger partial charge on any atom is -0.315 e. The van der Waals surface area contributed by atoms with E-state index in [2.05, 4.69) is 10.3 Å². The number of fused-ring (bicyclic) bond motifs is 1. The van der Waals surface area contributed by atoms with E-state index in [0.717, 1.165) is 0 Å². The number of carbonyl (C=O) groups excluding carboxylic acids is 1. The molecule has 0 radical (unpaired) electrons. The Labute approximate surface area is 183 Å². The Balaban J connectivity index is 1.96. The Kier molecular flexibility index (Phi) is 6.36. The van der Waals surface area contributed by atoms with Crippen LogP contribution in [0.15, 0.2) is 41.2 Å². The molecule has 0 spiro atoms. The molecule has 3 rings (SSSR count). The van der Waals surface area contributed by atoms with Crippen molar-refractivity contribution in [3.8, 4) is 0 Å². The fraction of sp³-hybridized carbons (Fsp3) is 0.250. The molecule has 29 heavy (non-hydrogen) atoms. The molecule has 9 heteroatoms. The maximum absolute atomic E-state index is 12.9. The van der Waals surface area contributed by atoms with E-state index < -0.39 is 6.04 Å². The molecule has 2 aromatic carbocycles. The van der Waals surface area contributed by atoms with Gasteiger partial charge in [-0.05, 0) is 50.2 Å². The molecule has 0 saturated heterocycles. The maximum Gasteiger partial charge on any atom is 0.322 e. The summed E-state index contributed by atoms with van der Waals surface area (Å²) in [7, 11) is 1.64. The average Bonchev–Trinajstić information content (AvgIpc) is 2.67. The summed E-state index contributed by atoms with van der Waals surface area (Å²) in [5, 5.41) is 4.54. The lowest BCUT2D eigenvalue weighted by Gasteiger charge is -2.29. The van der Waals surface area contributed by atoms with Crippen LogP contribution in [0, 0.1) is 0 Å². The number of nitrogens with zero attached hydrogens (tertiary/aromatic N) is 3. The van der Waals surface area contributed by atoms with Crippen molar-refractivity contribution in [2.45, 2.75) is 19.9 Å². The molecule has 1 atom stereocenters. The summed E-state index contributed by atoms with van der Waals surface area (Å²) in [6.07, 6.45) is 0. The van der Waals surface area contributed by atoms with Gasteiger partial charge in [-0.15, -0.1) is 0 Å². The molecule has 0 bridgehead atoms. The molecular formula is C20H19Cl3N4O2. The van der Waals surface area contributed by atoms with Crippen LogP contribution in [-0.4, -0.2) is 27.0 Å². The second-order valence-corrected chi connectivity index (χ2v) is 7.79. The van der Waals surface area contributed by atoms with Crippen LogP contribution in [0.1, 0.15) is 25.7 Å². The number of benzene rings is 2. The molecule has 1 heterocycles. The fourth-order valence-corrected chi connectivity index (χ4v) is 3.77. The molecular weight excluding hydrogens is 435 g/mol. The summed E-state index contributed by atoms with van der Waals surface area (Å²) >= 11 is 18.1. The molecule has 1 unspecified atom stereocenters. The van der Waals surface area contributed by atoms with Crippen LogP contribution in [0.2, 0.25) is 15.1 Å². The van der Waals surface area contributed by atoms with E-state index in [9.17, 15) is 9.59 Å². The number of aromatic nitrogens is 2. The highest BCUT2D eigenvalue weighted by molar-refractivity contribution is 6.36. The van der Waals surface area contributed by atoms with E-state index in [4.69, 9.17) is 34.8 Å². The van der Waals surface area contributed by atoms with Gasteiger partial charge in [0, 0.05) is 23.6 Å². The Morgan fingerprint density at radius 3 is 2.48 bits per heavy atom. The molecule has 2 amide bonds. The Morgan fingerprint density at radius 2 is 1.83 bits per heavy atom. The molecule has 0 saturated carbocycles. The summed E-state index contributed by atoms with van der Waals surface area (Å²) in [5.41, 5.74) is 0.726. The third kappa shape index (κ3) is 4.34. The summed E-state index contributed by atoms with van der Waals surface area (Å²) in [5.74, 6) is 0.448. The third-order valence-electron chi connectivity index (χ3n) is 4.69. The number of carbonyl (C=O) groups is 1. The second kappa shape index (κ2) is 8.61. The molecule has 6 nitrogen and oxygen atoms in total. The molecule has 1 N–H and O–H groups in total. The Morgan fingerprint density at radius 1 is 1.17 bits per heavy atom. The van der Waals surface area contributed by atoms with E-state index in [1.807, 2.05) is 13.8 Å². The van der Waals surface area contributed by atoms with Crippen LogP contribution in [0.5, 0.6) is 0 Å². The van der Waals surface area contributed by atoms with E-state index in [1.54, 1.807) is 48.3 Å². The largest absolute Gasteiger partial charge is 0.322 e. The van der Waals surface area contributed by atoms with Gasteiger partial charge in [-0.3, -0.25) is 9.36 Å². The third-order valence-corrected chi connectivity index (χ3v) is 5.47. The van der Waals surface area contributed by atoms with Gasteiger partial charge in [-0.2, -0.15) is 0 Å². The van der Waals surface area contributed by atoms with Crippen LogP contribution >= 0.6 is 34.8 Å². The lowest BCUT2D eigenvalue weighted by Crippen LogP contribution is -2.39. The van der Waals surface area contributed by atoms with Gasteiger partial charge in [0.25, 0.3) is 5.56 Å². The van der Waals surface area contributed by atoms with Crippen LogP contribution in [0.4, 0.5) is 10.5 Å². The summed E-state index contributed by atoms with van der Waals surface area (Å²) in [6, 6.07) is 8.91. The Bertz CT molecular complexity index is 1150. The quantitative estimate of drug-likeness (QED) is 0.566. The summed E-state index contributed by atoms with van der Waals surface area (Å²) < 4.78 is 1.45. The van der Waals surface area contributed by atoms with E-state index in [0.29, 0.717) is 44.0 Å². The molecule has 0 aliphatic heterocycles. The van der Waals surface area contributed by atoms with Gasteiger partial charge < -0.3 is 10.2 Å². The number of anilines is 1. The lowest BCUT2D eigenvalue weighted by atomic mass is 10.2. The number of nitrogens with one attached hydrogen (secondary N) is 1. The lowest BCUT2D eigenvalue weighted by molar-refractivity contribution is 0.193. The van der Waals surface area contributed by atoms with Gasteiger partial charge in [0.2, 0.25) is 0 Å². The summed E-state index contributed by atoms with van der Waals surface area (Å²) in [4.78, 5) is 31.8. The zero-order valence-electron chi connectivity index (χ0n) is 16.0. The van der Waals surface area contributed by atoms with Gasteiger partial charge in [-0.1, -0.05) is 34.8 Å². The van der Waals surface area contributed by atoms with Gasteiger partial charge >= 0.3 is 6.03 Å². The van der Waals surface area contributed by atoms with Crippen molar-refractivity contribution >= 4 is 57.4 Å². The van der Waals surface area contributed by atoms with E-state index >= 15 is 0 Å². The predicted octanol–water partition coefficient (Wildman–Crippen LogP) is 5.51. The second-order valence-electron chi connectivity index (χ2n) is 6.51. The van der Waals surface area contributed by atoms with Gasteiger partial charge in [0.1, 0.15) is 5.82 Å². The van der Waals surface area contributed by atoms with Crippen molar-refractivity contribution < 1.29 is 4.79 Å². The number of amides is 2. The molecule has 152 valence electrons. The van der Waals surface area contributed by atoms with E-state index in [-0.39, 0.29) is 11.6 Å². The maximum atomic E-state index is 12.9. The topological polar surface area (TPSA) is 67.2 Å². The first-order valence-electron chi connectivity index (χ1n) is 8.91. The van der Waals surface area contributed by atoms with Crippen molar-refractivity contribution in [2.24, 2.45) is 7.05 Å².